The van der Waals surface area contributed by atoms with Crippen LogP contribution < -0.4 is 15.0 Å². The van der Waals surface area contributed by atoms with Crippen molar-refractivity contribution in [3.63, 3.8) is 0 Å². The van der Waals surface area contributed by atoms with Crippen molar-refractivity contribution in [1.82, 2.24) is 5.32 Å². The minimum Gasteiger partial charge on any atom is -0.496 e. The summed E-state index contributed by atoms with van der Waals surface area (Å²) < 4.78 is 5.64. The number of hydrogen-bond acceptors (Lipinski definition) is 3. The molecular weight excluding hydrogens is 260 g/mol. The molecule has 1 fully saturated rings. The van der Waals surface area contributed by atoms with Crippen molar-refractivity contribution in [2.24, 2.45) is 5.92 Å². The lowest BCUT2D eigenvalue weighted by molar-refractivity contribution is 0.402. The maximum absolute atomic E-state index is 5.64. The zero-order chi connectivity index (χ0) is 15.4. The Morgan fingerprint density at radius 2 is 2.00 bits per heavy atom. The molecule has 1 atom stereocenters. The fourth-order valence-corrected chi connectivity index (χ4v) is 3.03. The van der Waals surface area contributed by atoms with Gasteiger partial charge < -0.3 is 15.0 Å². The molecule has 0 heterocycles. The second-order valence-corrected chi connectivity index (χ2v) is 6.45. The molecule has 1 aliphatic carbocycles. The van der Waals surface area contributed by atoms with Crippen LogP contribution in [0.25, 0.3) is 0 Å². The molecule has 0 spiro atoms. The lowest BCUT2D eigenvalue weighted by Crippen LogP contribution is -2.32. The zero-order valence-electron chi connectivity index (χ0n) is 14.1. The number of methoxy groups -OCH3 is 1. The van der Waals surface area contributed by atoms with E-state index in [0.29, 0.717) is 18.0 Å². The summed E-state index contributed by atoms with van der Waals surface area (Å²) in [7, 11) is 1.77. The Morgan fingerprint density at radius 3 is 2.52 bits per heavy atom. The molecule has 1 N–H and O–H groups in total. The molecule has 0 bridgehead atoms. The van der Waals surface area contributed by atoms with E-state index in [0.717, 1.165) is 18.8 Å². The maximum atomic E-state index is 5.64. The summed E-state index contributed by atoms with van der Waals surface area (Å²) in [5.74, 6) is 1.66. The molecule has 1 saturated carbocycles. The van der Waals surface area contributed by atoms with Crippen LogP contribution in [-0.4, -0.2) is 26.2 Å². The highest BCUT2D eigenvalue weighted by Crippen LogP contribution is 2.40. The Hall–Kier alpha value is -1.22. The van der Waals surface area contributed by atoms with Crippen molar-refractivity contribution >= 4 is 5.69 Å². The van der Waals surface area contributed by atoms with Gasteiger partial charge in [0.05, 0.1) is 7.11 Å². The first-order valence-corrected chi connectivity index (χ1v) is 8.25. The Bertz CT molecular complexity index is 455. The van der Waals surface area contributed by atoms with Gasteiger partial charge in [-0.2, -0.15) is 0 Å². The normalized spacial score (nSPS) is 16.1. The lowest BCUT2D eigenvalue weighted by atomic mass is 10.0. The summed E-state index contributed by atoms with van der Waals surface area (Å²) in [6.45, 7) is 11.0. The fourth-order valence-electron chi connectivity index (χ4n) is 3.03. The van der Waals surface area contributed by atoms with Crippen LogP contribution >= 0.6 is 0 Å². The van der Waals surface area contributed by atoms with E-state index in [1.54, 1.807) is 7.11 Å². The van der Waals surface area contributed by atoms with Gasteiger partial charge in [0, 0.05) is 29.9 Å². The Morgan fingerprint density at radius 1 is 1.29 bits per heavy atom. The molecule has 0 aromatic heterocycles. The molecule has 21 heavy (non-hydrogen) atoms. The molecule has 3 nitrogen and oxygen atoms in total. The van der Waals surface area contributed by atoms with Crippen molar-refractivity contribution in [3.05, 3.63) is 23.8 Å². The number of anilines is 1. The summed E-state index contributed by atoms with van der Waals surface area (Å²) in [4.78, 5) is 2.59. The topological polar surface area (TPSA) is 24.5 Å². The predicted octanol–water partition coefficient (Wildman–Crippen LogP) is 3.99. The number of hydrogen-bond donors (Lipinski definition) is 1. The van der Waals surface area contributed by atoms with E-state index >= 15 is 0 Å². The minimum absolute atomic E-state index is 0.301. The summed E-state index contributed by atoms with van der Waals surface area (Å²) in [6, 6.07) is 7.47. The molecule has 1 aromatic rings. The Labute approximate surface area is 129 Å². The lowest BCUT2D eigenvalue weighted by Gasteiger charge is -2.31. The Balaban J connectivity index is 2.40. The molecule has 118 valence electrons. The molecule has 0 saturated heterocycles. The third kappa shape index (κ3) is 3.91. The van der Waals surface area contributed by atoms with Crippen LogP contribution in [0.3, 0.4) is 0 Å². The van der Waals surface area contributed by atoms with Gasteiger partial charge in [-0.25, -0.2) is 0 Å². The van der Waals surface area contributed by atoms with Gasteiger partial charge in [-0.05, 0) is 44.4 Å². The zero-order valence-corrected chi connectivity index (χ0v) is 14.1. The van der Waals surface area contributed by atoms with Crippen LogP contribution in [-0.2, 0) is 0 Å². The van der Waals surface area contributed by atoms with Gasteiger partial charge >= 0.3 is 0 Å². The third-order valence-electron chi connectivity index (χ3n) is 4.07. The first kappa shape index (κ1) is 16.2. The van der Waals surface area contributed by atoms with E-state index in [-0.39, 0.29) is 0 Å². The molecule has 3 heteroatoms. The van der Waals surface area contributed by atoms with Crippen molar-refractivity contribution in [3.8, 4) is 5.75 Å². The largest absolute Gasteiger partial charge is 0.496 e. The molecule has 1 aliphatic rings. The number of benzene rings is 1. The summed E-state index contributed by atoms with van der Waals surface area (Å²) >= 11 is 0. The maximum Gasteiger partial charge on any atom is 0.125 e. The van der Waals surface area contributed by atoms with Crippen molar-refractivity contribution in [2.45, 2.75) is 52.6 Å². The molecular formula is C18H30N2O. The van der Waals surface area contributed by atoms with Gasteiger partial charge in [-0.1, -0.05) is 26.8 Å². The van der Waals surface area contributed by atoms with Crippen molar-refractivity contribution in [2.75, 3.05) is 25.1 Å². The summed E-state index contributed by atoms with van der Waals surface area (Å²) in [5.41, 5.74) is 2.65. The highest BCUT2D eigenvalue weighted by molar-refractivity contribution is 5.62. The number of nitrogens with zero attached hydrogens (tertiary/aromatic N) is 1. The number of nitrogens with one attached hydrogen (secondary N) is 1. The molecule has 0 amide bonds. The van der Waals surface area contributed by atoms with Crippen LogP contribution in [0.1, 0.15) is 52.1 Å². The second-order valence-electron chi connectivity index (χ2n) is 6.45. The van der Waals surface area contributed by atoms with E-state index in [2.05, 4.69) is 56.1 Å². The average molecular weight is 290 g/mol. The van der Waals surface area contributed by atoms with Crippen LogP contribution in [0.2, 0.25) is 0 Å². The van der Waals surface area contributed by atoms with Gasteiger partial charge in [-0.15, -0.1) is 0 Å². The Kier molecular flexibility index (Phi) is 5.51. The molecule has 0 radical (unpaired) electrons. The van der Waals surface area contributed by atoms with Crippen LogP contribution in [0, 0.1) is 5.92 Å². The smallest absolute Gasteiger partial charge is 0.125 e. The summed E-state index contributed by atoms with van der Waals surface area (Å²) in [5, 5.41) is 3.54. The average Bonchev–Trinajstić information content (AvgIpc) is 3.28. The molecule has 1 aromatic carbocycles. The first-order chi connectivity index (χ1) is 10.1. The van der Waals surface area contributed by atoms with Gasteiger partial charge in [-0.3, -0.25) is 0 Å². The van der Waals surface area contributed by atoms with Crippen molar-refractivity contribution < 1.29 is 4.74 Å². The van der Waals surface area contributed by atoms with Gasteiger partial charge in [0.1, 0.15) is 5.75 Å². The van der Waals surface area contributed by atoms with Crippen molar-refractivity contribution in [1.29, 1.82) is 0 Å². The molecule has 0 aliphatic heterocycles. The quantitative estimate of drug-likeness (QED) is 0.783. The molecule has 2 rings (SSSR count). The van der Waals surface area contributed by atoms with Crippen LogP contribution in [0.5, 0.6) is 5.75 Å². The van der Waals surface area contributed by atoms with E-state index in [1.807, 2.05) is 0 Å². The minimum atomic E-state index is 0.301. The standard InChI is InChI=1S/C18H30N2O/c1-6-19-14(4)18-16(8-7-9-17(18)21-5)20(12-13(2)3)15-10-11-15/h7-9,13-15,19H,6,10-12H2,1-5H3. The second kappa shape index (κ2) is 7.17. The predicted molar refractivity (Wildman–Crippen MR) is 90.3 cm³/mol. The number of ether oxygens (including phenoxy) is 1. The first-order valence-electron chi connectivity index (χ1n) is 8.25. The van der Waals surface area contributed by atoms with Gasteiger partial charge in [0.2, 0.25) is 0 Å². The highest BCUT2D eigenvalue weighted by Gasteiger charge is 2.32. The van der Waals surface area contributed by atoms with E-state index < -0.39 is 0 Å². The van der Waals surface area contributed by atoms with Gasteiger partial charge in [0.15, 0.2) is 0 Å². The fraction of sp³-hybridized carbons (Fsp3) is 0.667. The third-order valence-corrected chi connectivity index (χ3v) is 4.07. The monoisotopic (exact) mass is 290 g/mol. The van der Waals surface area contributed by atoms with E-state index in [9.17, 15) is 0 Å². The number of rotatable bonds is 8. The summed E-state index contributed by atoms with van der Waals surface area (Å²) in [6.07, 6.45) is 2.64. The van der Waals surface area contributed by atoms with Crippen LogP contribution in [0.4, 0.5) is 5.69 Å². The highest BCUT2D eigenvalue weighted by atomic mass is 16.5. The van der Waals surface area contributed by atoms with Gasteiger partial charge in [0.25, 0.3) is 0 Å². The van der Waals surface area contributed by atoms with E-state index in [4.69, 9.17) is 4.74 Å². The molecule has 1 unspecified atom stereocenters. The van der Waals surface area contributed by atoms with Crippen LogP contribution in [0.15, 0.2) is 18.2 Å². The SMILES string of the molecule is CCNC(C)c1c(OC)cccc1N(CC(C)C)C1CC1. The van der Waals surface area contributed by atoms with E-state index in [1.165, 1.54) is 24.1 Å².